The topological polar surface area (TPSA) is 70.7 Å². The number of ether oxygens (including phenoxy) is 1. The highest BCUT2D eigenvalue weighted by molar-refractivity contribution is 5.95. The van der Waals surface area contributed by atoms with E-state index >= 15 is 0 Å². The van der Waals surface area contributed by atoms with Crippen molar-refractivity contribution in [2.75, 3.05) is 37.4 Å². The molecule has 0 aromatic heterocycles. The molecule has 0 radical (unpaired) electrons. The van der Waals surface area contributed by atoms with Gasteiger partial charge < -0.3 is 15.4 Å². The number of benzene rings is 2. The zero-order valence-electron chi connectivity index (χ0n) is 16.3. The van der Waals surface area contributed by atoms with E-state index in [0.29, 0.717) is 18.0 Å². The zero-order valence-corrected chi connectivity index (χ0v) is 16.3. The van der Waals surface area contributed by atoms with Crippen LogP contribution in [0.5, 0.6) is 5.75 Å². The van der Waals surface area contributed by atoms with Crippen LogP contribution >= 0.6 is 0 Å². The van der Waals surface area contributed by atoms with E-state index in [-0.39, 0.29) is 24.9 Å². The quantitative estimate of drug-likeness (QED) is 0.750. The van der Waals surface area contributed by atoms with Crippen LogP contribution in [0.2, 0.25) is 0 Å². The molecule has 0 saturated carbocycles. The van der Waals surface area contributed by atoms with E-state index < -0.39 is 0 Å². The van der Waals surface area contributed by atoms with Gasteiger partial charge in [0.25, 0.3) is 0 Å². The number of para-hydroxylation sites is 2. The van der Waals surface area contributed by atoms with Crippen LogP contribution < -0.4 is 15.4 Å². The minimum Gasteiger partial charge on any atom is -0.495 e. The Morgan fingerprint density at radius 1 is 0.926 bits per heavy atom. The number of likely N-dealkylation sites (N-methyl/N-ethyl adjacent to an activating group) is 1. The Balaban J connectivity index is 1.93. The summed E-state index contributed by atoms with van der Waals surface area (Å²) in [6, 6.07) is 13.0. The molecule has 0 bridgehead atoms. The van der Waals surface area contributed by atoms with Crippen LogP contribution in [0.4, 0.5) is 11.4 Å². The summed E-state index contributed by atoms with van der Waals surface area (Å²) in [6.07, 6.45) is 0. The summed E-state index contributed by atoms with van der Waals surface area (Å²) < 4.78 is 5.24. The van der Waals surface area contributed by atoms with Gasteiger partial charge in [0.2, 0.25) is 11.8 Å². The lowest BCUT2D eigenvalue weighted by Gasteiger charge is -2.20. The summed E-state index contributed by atoms with van der Waals surface area (Å²) in [4.78, 5) is 26.5. The van der Waals surface area contributed by atoms with E-state index in [1.807, 2.05) is 51.1 Å². The van der Waals surface area contributed by atoms with Crippen LogP contribution in [0.1, 0.15) is 18.1 Å². The molecule has 2 aromatic rings. The van der Waals surface area contributed by atoms with Crippen LogP contribution in [0.15, 0.2) is 42.5 Å². The van der Waals surface area contributed by atoms with Gasteiger partial charge in [-0.05, 0) is 49.7 Å². The maximum Gasteiger partial charge on any atom is 0.238 e. The molecule has 0 unspecified atom stereocenters. The smallest absolute Gasteiger partial charge is 0.238 e. The highest BCUT2D eigenvalue weighted by Crippen LogP contribution is 2.23. The first-order valence-electron chi connectivity index (χ1n) is 8.95. The van der Waals surface area contributed by atoms with Crippen molar-refractivity contribution in [3.05, 3.63) is 53.6 Å². The molecular weight excluding hydrogens is 342 g/mol. The summed E-state index contributed by atoms with van der Waals surface area (Å²) in [5, 5.41) is 5.75. The highest BCUT2D eigenvalue weighted by atomic mass is 16.5. The van der Waals surface area contributed by atoms with E-state index in [0.717, 1.165) is 16.8 Å². The molecule has 0 heterocycles. The number of hydrogen-bond acceptors (Lipinski definition) is 4. The number of rotatable bonds is 8. The van der Waals surface area contributed by atoms with E-state index in [1.54, 1.807) is 24.1 Å². The van der Waals surface area contributed by atoms with Crippen LogP contribution in [0, 0.1) is 13.8 Å². The fourth-order valence-corrected chi connectivity index (χ4v) is 2.70. The third-order valence-electron chi connectivity index (χ3n) is 4.44. The average molecular weight is 369 g/mol. The van der Waals surface area contributed by atoms with Crippen LogP contribution in [0.25, 0.3) is 0 Å². The molecule has 144 valence electrons. The van der Waals surface area contributed by atoms with Crippen molar-refractivity contribution in [1.82, 2.24) is 4.90 Å². The van der Waals surface area contributed by atoms with Gasteiger partial charge in [0, 0.05) is 5.69 Å². The molecule has 27 heavy (non-hydrogen) atoms. The Bertz CT molecular complexity index is 805. The van der Waals surface area contributed by atoms with Gasteiger partial charge in [-0.15, -0.1) is 0 Å². The Labute approximate surface area is 160 Å². The number of nitrogens with zero attached hydrogens (tertiary/aromatic N) is 1. The van der Waals surface area contributed by atoms with Gasteiger partial charge in [-0.25, -0.2) is 0 Å². The van der Waals surface area contributed by atoms with Gasteiger partial charge in [-0.3, -0.25) is 14.5 Å². The minimum atomic E-state index is -0.194. The number of carbonyl (C=O) groups is 2. The van der Waals surface area contributed by atoms with Crippen molar-refractivity contribution in [1.29, 1.82) is 0 Å². The molecular formula is C21H27N3O3. The molecule has 2 rings (SSSR count). The molecule has 0 saturated heterocycles. The summed E-state index contributed by atoms with van der Waals surface area (Å²) in [5.41, 5.74) is 3.58. The van der Waals surface area contributed by atoms with Gasteiger partial charge in [-0.1, -0.05) is 31.2 Å². The Kier molecular flexibility index (Phi) is 7.37. The molecule has 2 aromatic carbocycles. The van der Waals surface area contributed by atoms with Crippen LogP contribution in [-0.4, -0.2) is 43.5 Å². The van der Waals surface area contributed by atoms with Crippen molar-refractivity contribution in [3.63, 3.8) is 0 Å². The first-order chi connectivity index (χ1) is 12.9. The lowest BCUT2D eigenvalue weighted by atomic mass is 10.1. The second kappa shape index (κ2) is 9.73. The number of amides is 2. The Morgan fingerprint density at radius 3 is 2.15 bits per heavy atom. The molecule has 0 aliphatic rings. The standard InChI is InChI=1S/C21H27N3O3/c1-5-24(13-20(25)22-17-11-8-9-15(2)16(17)3)14-21(26)23-18-10-6-7-12-19(18)27-4/h6-12H,5,13-14H2,1-4H3,(H,22,25)(H,23,26). The Hall–Kier alpha value is -2.86. The predicted molar refractivity (Wildman–Crippen MR) is 108 cm³/mol. The predicted octanol–water partition coefficient (Wildman–Crippen LogP) is 3.21. The maximum absolute atomic E-state index is 12.4. The third kappa shape index (κ3) is 5.82. The average Bonchev–Trinajstić information content (AvgIpc) is 2.65. The fraction of sp³-hybridized carbons (Fsp3) is 0.333. The third-order valence-corrected chi connectivity index (χ3v) is 4.44. The van der Waals surface area contributed by atoms with Crippen molar-refractivity contribution in [2.24, 2.45) is 0 Å². The van der Waals surface area contributed by atoms with Crippen LogP contribution in [-0.2, 0) is 9.59 Å². The lowest BCUT2D eigenvalue weighted by molar-refractivity contribution is -0.119. The summed E-state index contributed by atoms with van der Waals surface area (Å²) >= 11 is 0. The zero-order chi connectivity index (χ0) is 19.8. The second-order valence-corrected chi connectivity index (χ2v) is 6.35. The lowest BCUT2D eigenvalue weighted by Crippen LogP contribution is -2.38. The van der Waals surface area contributed by atoms with Gasteiger partial charge in [0.15, 0.2) is 0 Å². The molecule has 0 aliphatic heterocycles. The number of nitrogens with one attached hydrogen (secondary N) is 2. The summed E-state index contributed by atoms with van der Waals surface area (Å²) in [5.74, 6) is 0.262. The molecule has 0 aliphatic carbocycles. The van der Waals surface area contributed by atoms with Crippen molar-refractivity contribution in [3.8, 4) is 5.75 Å². The molecule has 0 spiro atoms. The largest absolute Gasteiger partial charge is 0.495 e. The highest BCUT2D eigenvalue weighted by Gasteiger charge is 2.15. The monoisotopic (exact) mass is 369 g/mol. The van der Waals surface area contributed by atoms with E-state index in [9.17, 15) is 9.59 Å². The molecule has 2 amide bonds. The first kappa shape index (κ1) is 20.5. The SMILES string of the molecule is CCN(CC(=O)Nc1ccccc1OC)CC(=O)Nc1cccc(C)c1C. The van der Waals surface area contributed by atoms with Gasteiger partial charge in [0.05, 0.1) is 25.9 Å². The number of carbonyl (C=O) groups excluding carboxylic acids is 2. The van der Waals surface area contributed by atoms with Crippen LogP contribution in [0.3, 0.4) is 0 Å². The van der Waals surface area contributed by atoms with E-state index in [1.165, 1.54) is 0 Å². The number of hydrogen-bond donors (Lipinski definition) is 2. The molecule has 0 fully saturated rings. The van der Waals surface area contributed by atoms with Crippen molar-refractivity contribution < 1.29 is 14.3 Å². The first-order valence-corrected chi connectivity index (χ1v) is 8.95. The Morgan fingerprint density at radius 2 is 1.52 bits per heavy atom. The molecule has 0 atom stereocenters. The maximum atomic E-state index is 12.4. The van der Waals surface area contributed by atoms with E-state index in [2.05, 4.69) is 10.6 Å². The van der Waals surface area contributed by atoms with Gasteiger partial charge >= 0.3 is 0 Å². The number of anilines is 2. The van der Waals surface area contributed by atoms with Gasteiger partial charge in [0.1, 0.15) is 5.75 Å². The van der Waals surface area contributed by atoms with E-state index in [4.69, 9.17) is 4.74 Å². The normalized spacial score (nSPS) is 10.6. The summed E-state index contributed by atoms with van der Waals surface area (Å²) in [6.45, 7) is 6.74. The second-order valence-electron chi connectivity index (χ2n) is 6.35. The molecule has 6 nitrogen and oxygen atoms in total. The number of aryl methyl sites for hydroxylation is 1. The minimum absolute atomic E-state index is 0.120. The van der Waals surface area contributed by atoms with Crippen molar-refractivity contribution >= 4 is 23.2 Å². The van der Waals surface area contributed by atoms with Crippen molar-refractivity contribution in [2.45, 2.75) is 20.8 Å². The summed E-state index contributed by atoms with van der Waals surface area (Å²) in [7, 11) is 1.56. The molecule has 6 heteroatoms. The number of methoxy groups -OCH3 is 1. The fourth-order valence-electron chi connectivity index (χ4n) is 2.70. The van der Waals surface area contributed by atoms with Gasteiger partial charge in [-0.2, -0.15) is 0 Å². The molecule has 2 N–H and O–H groups in total.